The predicted molar refractivity (Wildman–Crippen MR) is 106 cm³/mol. The van der Waals surface area contributed by atoms with Crippen LogP contribution in [0, 0.1) is 0 Å². The molecule has 3 aromatic rings. The zero-order valence-corrected chi connectivity index (χ0v) is 15.4. The van der Waals surface area contributed by atoms with E-state index in [4.69, 9.17) is 5.10 Å². The van der Waals surface area contributed by atoms with Crippen LogP contribution in [0.5, 0.6) is 0 Å². The van der Waals surface area contributed by atoms with E-state index in [1.54, 1.807) is 0 Å². The summed E-state index contributed by atoms with van der Waals surface area (Å²) in [6.07, 6.45) is 9.66. The number of hydrogen-bond acceptors (Lipinski definition) is 4. The molecule has 1 atom stereocenters. The van der Waals surface area contributed by atoms with Crippen molar-refractivity contribution >= 4 is 35.4 Å². The Kier molecular flexibility index (Phi) is 3.95. The highest BCUT2D eigenvalue weighted by atomic mass is 16.2. The van der Waals surface area contributed by atoms with E-state index in [0.29, 0.717) is 11.7 Å². The van der Waals surface area contributed by atoms with Crippen LogP contribution >= 0.6 is 0 Å². The number of benzene rings is 1. The maximum absolute atomic E-state index is 12.8. The molecule has 27 heavy (non-hydrogen) atoms. The standard InChI is InChI=1S/C20H21BN5O/c1-21-12-7-8-16-14(9-12)17(20(27)24-16)18-15-10-26(13-5-3-2-4-6-13)25-19(15)23-11-22-18/h7-11,13,17H,2-6H2,1H3,(H,24,27). The second-order valence-corrected chi connectivity index (χ2v) is 7.45. The zero-order valence-electron chi connectivity index (χ0n) is 15.4. The van der Waals surface area contributed by atoms with Gasteiger partial charge in [-0.3, -0.25) is 9.48 Å². The first-order chi connectivity index (χ1) is 13.2. The van der Waals surface area contributed by atoms with Gasteiger partial charge in [-0.25, -0.2) is 9.97 Å². The van der Waals surface area contributed by atoms with Crippen molar-refractivity contribution in [1.82, 2.24) is 19.7 Å². The summed E-state index contributed by atoms with van der Waals surface area (Å²) in [6.45, 7) is 2.00. The average molecular weight is 358 g/mol. The van der Waals surface area contributed by atoms with E-state index >= 15 is 0 Å². The molecule has 1 fully saturated rings. The summed E-state index contributed by atoms with van der Waals surface area (Å²) in [7, 11) is 2.04. The molecule has 1 amide bonds. The molecule has 1 aliphatic carbocycles. The van der Waals surface area contributed by atoms with Crippen molar-refractivity contribution in [2.75, 3.05) is 5.32 Å². The molecule has 1 radical (unpaired) electrons. The summed E-state index contributed by atoms with van der Waals surface area (Å²) in [5.41, 5.74) is 4.35. The van der Waals surface area contributed by atoms with Crippen LogP contribution in [-0.2, 0) is 4.79 Å². The monoisotopic (exact) mass is 358 g/mol. The molecule has 2 aliphatic rings. The van der Waals surface area contributed by atoms with Crippen LogP contribution in [0.4, 0.5) is 5.69 Å². The number of rotatable bonds is 3. The second-order valence-electron chi connectivity index (χ2n) is 7.45. The third-order valence-electron chi connectivity index (χ3n) is 5.83. The van der Waals surface area contributed by atoms with Crippen LogP contribution in [0.1, 0.15) is 55.3 Å². The largest absolute Gasteiger partial charge is 0.325 e. The first kappa shape index (κ1) is 16.5. The highest BCUT2D eigenvalue weighted by Gasteiger charge is 2.35. The summed E-state index contributed by atoms with van der Waals surface area (Å²) in [5.74, 6) is -0.460. The molecule has 1 aliphatic heterocycles. The summed E-state index contributed by atoms with van der Waals surface area (Å²) in [5, 5.41) is 8.58. The van der Waals surface area contributed by atoms with Crippen molar-refractivity contribution in [3.8, 4) is 0 Å². The minimum absolute atomic E-state index is 0.0383. The number of aromatic nitrogens is 4. The third kappa shape index (κ3) is 2.72. The van der Waals surface area contributed by atoms with Gasteiger partial charge < -0.3 is 5.32 Å². The predicted octanol–water partition coefficient (Wildman–Crippen LogP) is 2.79. The van der Waals surface area contributed by atoms with Crippen molar-refractivity contribution in [3.63, 3.8) is 0 Å². The SMILES string of the molecule is C[B]c1ccc2c(c1)C(c1ncnc3nn(C4CCCCC4)cc13)C(=O)N2. The second kappa shape index (κ2) is 6.48. The lowest BCUT2D eigenvalue weighted by molar-refractivity contribution is -0.116. The molecule has 7 heteroatoms. The molecule has 1 N–H and O–H groups in total. The molecule has 1 saturated carbocycles. The van der Waals surface area contributed by atoms with Crippen LogP contribution in [0.25, 0.3) is 11.0 Å². The topological polar surface area (TPSA) is 72.7 Å². The van der Waals surface area contributed by atoms with Crippen LogP contribution in [0.3, 0.4) is 0 Å². The van der Waals surface area contributed by atoms with Gasteiger partial charge in [0, 0.05) is 11.9 Å². The van der Waals surface area contributed by atoms with Crippen LogP contribution < -0.4 is 10.8 Å². The quantitative estimate of drug-likeness (QED) is 0.731. The van der Waals surface area contributed by atoms with E-state index in [-0.39, 0.29) is 5.91 Å². The van der Waals surface area contributed by atoms with Crippen molar-refractivity contribution in [3.05, 3.63) is 42.0 Å². The molecule has 1 aromatic carbocycles. The fraction of sp³-hybridized carbons (Fsp3) is 0.400. The molecular formula is C20H21BN5O. The number of nitrogens with one attached hydrogen (secondary N) is 1. The summed E-state index contributed by atoms with van der Waals surface area (Å²) < 4.78 is 2.05. The highest BCUT2D eigenvalue weighted by Crippen LogP contribution is 2.38. The molecular weight excluding hydrogens is 337 g/mol. The van der Waals surface area contributed by atoms with Gasteiger partial charge in [-0.2, -0.15) is 5.10 Å². The number of amides is 1. The Labute approximate surface area is 158 Å². The Morgan fingerprint density at radius 3 is 2.85 bits per heavy atom. The first-order valence-electron chi connectivity index (χ1n) is 9.68. The molecule has 0 bridgehead atoms. The fourth-order valence-electron chi connectivity index (χ4n) is 4.37. The maximum atomic E-state index is 12.8. The molecule has 6 nitrogen and oxygen atoms in total. The molecule has 3 heterocycles. The van der Waals surface area contributed by atoms with Gasteiger partial charge in [0.1, 0.15) is 19.5 Å². The molecule has 0 saturated heterocycles. The molecule has 1 unspecified atom stereocenters. The van der Waals surface area contributed by atoms with Crippen LogP contribution in [0.15, 0.2) is 30.7 Å². The van der Waals surface area contributed by atoms with Gasteiger partial charge in [0.15, 0.2) is 5.65 Å². The Bertz CT molecular complexity index is 1020. The van der Waals surface area contributed by atoms with Crippen LogP contribution in [0.2, 0.25) is 6.82 Å². The van der Waals surface area contributed by atoms with Gasteiger partial charge in [-0.15, -0.1) is 0 Å². The van der Waals surface area contributed by atoms with Gasteiger partial charge in [0.25, 0.3) is 0 Å². The number of nitrogens with zero attached hydrogens (tertiary/aromatic N) is 4. The third-order valence-corrected chi connectivity index (χ3v) is 5.83. The first-order valence-corrected chi connectivity index (χ1v) is 9.68. The minimum Gasteiger partial charge on any atom is -0.325 e. The lowest BCUT2D eigenvalue weighted by Gasteiger charge is -2.21. The smallest absolute Gasteiger partial charge is 0.238 e. The van der Waals surface area contributed by atoms with Gasteiger partial charge in [0.05, 0.1) is 17.1 Å². The number of anilines is 1. The highest BCUT2D eigenvalue weighted by molar-refractivity contribution is 6.52. The van der Waals surface area contributed by atoms with Crippen molar-refractivity contribution in [1.29, 1.82) is 0 Å². The average Bonchev–Trinajstić information content (AvgIpc) is 3.28. The zero-order chi connectivity index (χ0) is 18.4. The van der Waals surface area contributed by atoms with E-state index < -0.39 is 5.92 Å². The Hall–Kier alpha value is -2.70. The Balaban J connectivity index is 1.61. The van der Waals surface area contributed by atoms with Gasteiger partial charge >= 0.3 is 0 Å². The number of hydrogen-bond donors (Lipinski definition) is 1. The van der Waals surface area contributed by atoms with Gasteiger partial charge in [-0.05, 0) is 24.5 Å². The summed E-state index contributed by atoms with van der Waals surface area (Å²) in [6, 6.07) is 6.47. The van der Waals surface area contributed by atoms with E-state index in [1.807, 2.05) is 37.1 Å². The van der Waals surface area contributed by atoms with E-state index in [0.717, 1.165) is 40.6 Å². The molecule has 0 spiro atoms. The number of carbonyl (C=O) groups is 1. The molecule has 135 valence electrons. The minimum atomic E-state index is -0.422. The fourth-order valence-corrected chi connectivity index (χ4v) is 4.37. The lowest BCUT2D eigenvalue weighted by Crippen LogP contribution is -2.16. The van der Waals surface area contributed by atoms with E-state index in [9.17, 15) is 4.79 Å². The summed E-state index contributed by atoms with van der Waals surface area (Å²) in [4.78, 5) is 21.7. The van der Waals surface area contributed by atoms with Crippen LogP contribution in [-0.4, -0.2) is 32.9 Å². The Morgan fingerprint density at radius 2 is 2.04 bits per heavy atom. The van der Waals surface area contributed by atoms with E-state index in [2.05, 4.69) is 21.4 Å². The molecule has 2 aromatic heterocycles. The lowest BCUT2D eigenvalue weighted by atomic mass is 9.72. The van der Waals surface area contributed by atoms with E-state index in [1.165, 1.54) is 25.6 Å². The van der Waals surface area contributed by atoms with Crippen molar-refractivity contribution in [2.24, 2.45) is 0 Å². The van der Waals surface area contributed by atoms with Gasteiger partial charge in [0.2, 0.25) is 5.91 Å². The summed E-state index contributed by atoms with van der Waals surface area (Å²) >= 11 is 0. The molecule has 5 rings (SSSR count). The Morgan fingerprint density at radius 1 is 1.19 bits per heavy atom. The van der Waals surface area contributed by atoms with Crippen molar-refractivity contribution in [2.45, 2.75) is 50.9 Å². The number of fused-ring (bicyclic) bond motifs is 2. The number of carbonyl (C=O) groups excluding carboxylic acids is 1. The maximum Gasteiger partial charge on any atom is 0.238 e. The normalized spacial score (nSPS) is 19.9. The van der Waals surface area contributed by atoms with Crippen molar-refractivity contribution < 1.29 is 4.79 Å². The van der Waals surface area contributed by atoms with Gasteiger partial charge in [-0.1, -0.05) is 43.7 Å².